The maximum absolute atomic E-state index is 6.08. The molecule has 0 heterocycles. The summed E-state index contributed by atoms with van der Waals surface area (Å²) in [6.07, 6.45) is 4.56. The second kappa shape index (κ2) is 11.6. The number of nitrogens with one attached hydrogen (secondary N) is 1. The molecule has 0 fully saturated rings. The van der Waals surface area contributed by atoms with Crippen LogP contribution >= 0.6 is 11.6 Å². The van der Waals surface area contributed by atoms with Crippen LogP contribution in [0.2, 0.25) is 5.02 Å². The van der Waals surface area contributed by atoms with Crippen LogP contribution in [0.15, 0.2) is 78.9 Å². The highest BCUT2D eigenvalue weighted by molar-refractivity contribution is 6.30. The van der Waals surface area contributed by atoms with Gasteiger partial charge in [0.25, 0.3) is 0 Å². The van der Waals surface area contributed by atoms with Crippen LogP contribution in [0.1, 0.15) is 41.9 Å². The van der Waals surface area contributed by atoms with E-state index in [9.17, 15) is 0 Å². The summed E-state index contributed by atoms with van der Waals surface area (Å²) in [4.78, 5) is 0. The largest absolute Gasteiger partial charge is 0.497 e. The minimum atomic E-state index is 0.424. The lowest BCUT2D eigenvalue weighted by Gasteiger charge is -2.18. The van der Waals surface area contributed by atoms with Gasteiger partial charge in [0.2, 0.25) is 0 Å². The first-order chi connectivity index (χ1) is 14.3. The molecule has 3 aromatic carbocycles. The Kier molecular flexibility index (Phi) is 8.60. The van der Waals surface area contributed by atoms with Crippen molar-refractivity contribution in [3.05, 3.63) is 101 Å². The molecule has 1 atom stereocenters. The number of hydrogen-bond acceptors (Lipinski definition) is 2. The predicted octanol–water partition coefficient (Wildman–Crippen LogP) is 6.48. The van der Waals surface area contributed by atoms with Gasteiger partial charge in [-0.2, -0.15) is 0 Å². The van der Waals surface area contributed by atoms with Crippen molar-refractivity contribution >= 4 is 11.6 Å². The van der Waals surface area contributed by atoms with Crippen LogP contribution in [-0.4, -0.2) is 20.2 Å². The third-order valence-corrected chi connectivity index (χ3v) is 5.57. The summed E-state index contributed by atoms with van der Waals surface area (Å²) in [5.74, 6) is 1.34. The van der Waals surface area contributed by atoms with Gasteiger partial charge >= 0.3 is 0 Å². The maximum atomic E-state index is 6.08. The number of halogens is 1. The third-order valence-electron chi connectivity index (χ3n) is 5.32. The quantitative estimate of drug-likeness (QED) is 0.367. The van der Waals surface area contributed by atoms with Crippen LogP contribution in [0.25, 0.3) is 0 Å². The van der Waals surface area contributed by atoms with Crippen LogP contribution in [-0.2, 0) is 6.42 Å². The van der Waals surface area contributed by atoms with E-state index in [-0.39, 0.29) is 0 Å². The van der Waals surface area contributed by atoms with Gasteiger partial charge in [-0.25, -0.2) is 0 Å². The molecule has 1 unspecified atom stereocenters. The van der Waals surface area contributed by atoms with E-state index in [0.29, 0.717) is 5.92 Å². The Morgan fingerprint density at radius 3 is 2.17 bits per heavy atom. The van der Waals surface area contributed by atoms with Crippen LogP contribution in [0.3, 0.4) is 0 Å². The van der Waals surface area contributed by atoms with Crippen molar-refractivity contribution in [1.82, 2.24) is 5.32 Å². The van der Waals surface area contributed by atoms with Crippen molar-refractivity contribution in [2.75, 3.05) is 20.2 Å². The first kappa shape index (κ1) is 21.4. The Morgan fingerprint density at radius 2 is 1.48 bits per heavy atom. The van der Waals surface area contributed by atoms with Gasteiger partial charge in [-0.1, -0.05) is 72.6 Å². The zero-order valence-electron chi connectivity index (χ0n) is 17.1. The molecular weight excluding hydrogens is 378 g/mol. The molecule has 0 saturated heterocycles. The van der Waals surface area contributed by atoms with E-state index in [1.165, 1.54) is 29.5 Å². The number of ether oxygens (including phenoxy) is 1. The van der Waals surface area contributed by atoms with E-state index in [1.54, 1.807) is 7.11 Å². The summed E-state index contributed by atoms with van der Waals surface area (Å²) < 4.78 is 5.21. The van der Waals surface area contributed by atoms with Crippen molar-refractivity contribution in [3.63, 3.8) is 0 Å². The van der Waals surface area contributed by atoms with Gasteiger partial charge in [0.15, 0.2) is 0 Å². The number of benzene rings is 3. The summed E-state index contributed by atoms with van der Waals surface area (Å²) in [7, 11) is 1.70. The Bertz CT molecular complexity index is 831. The zero-order valence-corrected chi connectivity index (χ0v) is 17.9. The van der Waals surface area contributed by atoms with Gasteiger partial charge in [-0.05, 0) is 73.3 Å². The minimum absolute atomic E-state index is 0.424. The molecule has 0 bridgehead atoms. The highest BCUT2D eigenvalue weighted by Gasteiger charge is 2.13. The van der Waals surface area contributed by atoms with Crippen molar-refractivity contribution in [3.8, 4) is 5.75 Å². The Hall–Kier alpha value is -2.29. The third kappa shape index (κ3) is 6.92. The summed E-state index contributed by atoms with van der Waals surface area (Å²) in [5.41, 5.74) is 4.06. The molecule has 0 aromatic heterocycles. The van der Waals surface area contributed by atoms with Crippen molar-refractivity contribution in [2.45, 2.75) is 31.6 Å². The lowest BCUT2D eigenvalue weighted by Crippen LogP contribution is -2.18. The molecule has 0 saturated carbocycles. The molecule has 0 aliphatic rings. The van der Waals surface area contributed by atoms with Gasteiger partial charge in [-0.3, -0.25) is 0 Å². The van der Waals surface area contributed by atoms with Gasteiger partial charge in [0, 0.05) is 10.9 Å². The van der Waals surface area contributed by atoms with Crippen molar-refractivity contribution in [2.24, 2.45) is 0 Å². The smallest absolute Gasteiger partial charge is 0.118 e. The summed E-state index contributed by atoms with van der Waals surface area (Å²) in [6, 6.07) is 27.4. The maximum Gasteiger partial charge on any atom is 0.118 e. The Morgan fingerprint density at radius 1 is 0.793 bits per heavy atom. The fourth-order valence-corrected chi connectivity index (χ4v) is 3.78. The first-order valence-electron chi connectivity index (χ1n) is 10.4. The molecular formula is C26H30ClNO. The van der Waals surface area contributed by atoms with Crippen molar-refractivity contribution < 1.29 is 4.74 Å². The van der Waals surface area contributed by atoms with Gasteiger partial charge in [0.1, 0.15) is 5.75 Å². The summed E-state index contributed by atoms with van der Waals surface area (Å²) in [6.45, 7) is 2.06. The fourth-order valence-electron chi connectivity index (χ4n) is 3.65. The SMILES string of the molecule is COc1ccc(CCNCCCCC(c2ccccc2)c2ccc(Cl)cc2)cc1. The lowest BCUT2D eigenvalue weighted by molar-refractivity contribution is 0.414. The molecule has 0 radical (unpaired) electrons. The van der Waals surface area contributed by atoms with Crippen LogP contribution < -0.4 is 10.1 Å². The van der Waals surface area contributed by atoms with E-state index in [1.807, 2.05) is 24.3 Å². The van der Waals surface area contributed by atoms with Gasteiger partial charge in [-0.15, -0.1) is 0 Å². The molecule has 1 N–H and O–H groups in total. The molecule has 29 heavy (non-hydrogen) atoms. The van der Waals surface area contributed by atoms with E-state index < -0.39 is 0 Å². The normalized spacial score (nSPS) is 11.9. The molecule has 0 spiro atoms. The molecule has 0 amide bonds. The monoisotopic (exact) mass is 407 g/mol. The Balaban J connectivity index is 1.42. The Labute approximate surface area is 179 Å². The van der Waals surface area contributed by atoms with Gasteiger partial charge in [0.05, 0.1) is 7.11 Å². The molecule has 0 aliphatic carbocycles. The van der Waals surface area contributed by atoms with E-state index in [2.05, 4.69) is 59.9 Å². The average Bonchev–Trinajstić information content (AvgIpc) is 2.77. The lowest BCUT2D eigenvalue weighted by atomic mass is 9.87. The summed E-state index contributed by atoms with van der Waals surface area (Å²) >= 11 is 6.08. The first-order valence-corrected chi connectivity index (χ1v) is 10.8. The number of methoxy groups -OCH3 is 1. The van der Waals surface area contributed by atoms with E-state index in [0.717, 1.165) is 36.7 Å². The van der Waals surface area contributed by atoms with Crippen molar-refractivity contribution in [1.29, 1.82) is 0 Å². The standard InChI is InChI=1S/C26H30ClNO/c1-29-25-16-10-21(11-17-25)18-20-28-19-6-5-9-26(22-7-3-2-4-8-22)23-12-14-24(27)15-13-23/h2-4,7-8,10-17,26,28H,5-6,9,18-20H2,1H3. The minimum Gasteiger partial charge on any atom is -0.497 e. The van der Waals surface area contributed by atoms with Crippen LogP contribution in [0, 0.1) is 0 Å². The fraction of sp³-hybridized carbons (Fsp3) is 0.308. The molecule has 2 nitrogen and oxygen atoms in total. The van der Waals surface area contributed by atoms with Crippen LogP contribution in [0.5, 0.6) is 5.75 Å². The van der Waals surface area contributed by atoms with Gasteiger partial charge < -0.3 is 10.1 Å². The predicted molar refractivity (Wildman–Crippen MR) is 123 cm³/mol. The molecule has 3 heteroatoms. The summed E-state index contributed by atoms with van der Waals surface area (Å²) in [5, 5.41) is 4.37. The second-order valence-electron chi connectivity index (χ2n) is 7.36. The van der Waals surface area contributed by atoms with E-state index >= 15 is 0 Å². The molecule has 0 aliphatic heterocycles. The topological polar surface area (TPSA) is 21.3 Å². The highest BCUT2D eigenvalue weighted by Crippen LogP contribution is 2.30. The molecule has 3 rings (SSSR count). The van der Waals surface area contributed by atoms with Crippen LogP contribution in [0.4, 0.5) is 0 Å². The number of unbranched alkanes of at least 4 members (excludes halogenated alkanes) is 1. The molecule has 152 valence electrons. The second-order valence-corrected chi connectivity index (χ2v) is 7.80. The van der Waals surface area contributed by atoms with E-state index in [4.69, 9.17) is 16.3 Å². The number of hydrogen-bond donors (Lipinski definition) is 1. The highest BCUT2D eigenvalue weighted by atomic mass is 35.5. The molecule has 3 aromatic rings. The zero-order chi connectivity index (χ0) is 20.3. The number of rotatable bonds is 11. The average molecular weight is 408 g/mol.